The van der Waals surface area contributed by atoms with Crippen molar-refractivity contribution in [2.24, 2.45) is 5.73 Å². The van der Waals surface area contributed by atoms with Crippen LogP contribution in [-0.4, -0.2) is 0 Å². The first-order valence-electron chi connectivity index (χ1n) is 5.61. The predicted molar refractivity (Wildman–Crippen MR) is 71.8 cm³/mol. The van der Waals surface area contributed by atoms with Crippen LogP contribution in [0, 0.1) is 19.7 Å². The summed E-state index contributed by atoms with van der Waals surface area (Å²) in [6.45, 7) is 5.77. The van der Waals surface area contributed by atoms with Crippen molar-refractivity contribution in [1.29, 1.82) is 0 Å². The van der Waals surface area contributed by atoms with Crippen LogP contribution in [0.3, 0.4) is 0 Å². The molecule has 1 heterocycles. The van der Waals surface area contributed by atoms with E-state index in [1.807, 2.05) is 26.0 Å². The Hall–Kier alpha value is -1.19. The Bertz CT molecular complexity index is 543. The van der Waals surface area contributed by atoms with Crippen molar-refractivity contribution in [3.63, 3.8) is 0 Å². The number of rotatable bonds is 2. The van der Waals surface area contributed by atoms with Crippen LogP contribution in [0.15, 0.2) is 24.3 Å². The van der Waals surface area contributed by atoms with Gasteiger partial charge in [-0.1, -0.05) is 12.1 Å². The smallest absolute Gasteiger partial charge is 0.126 e. The first kappa shape index (κ1) is 12.3. The van der Waals surface area contributed by atoms with Gasteiger partial charge in [-0.15, -0.1) is 11.3 Å². The van der Waals surface area contributed by atoms with Crippen LogP contribution >= 0.6 is 11.3 Å². The molecule has 1 unspecified atom stereocenters. The van der Waals surface area contributed by atoms with Gasteiger partial charge in [0.2, 0.25) is 0 Å². The van der Waals surface area contributed by atoms with Gasteiger partial charge in [-0.05, 0) is 49.6 Å². The number of nitrogens with two attached hydrogens (primary N) is 1. The van der Waals surface area contributed by atoms with Gasteiger partial charge in [0.15, 0.2) is 0 Å². The monoisotopic (exact) mass is 249 g/mol. The van der Waals surface area contributed by atoms with Crippen LogP contribution in [0.2, 0.25) is 0 Å². The summed E-state index contributed by atoms with van der Waals surface area (Å²) in [5.41, 5.74) is 8.63. The third-order valence-electron chi connectivity index (χ3n) is 2.82. The van der Waals surface area contributed by atoms with Crippen molar-refractivity contribution >= 4 is 11.3 Å². The molecule has 17 heavy (non-hydrogen) atoms. The molecule has 0 bridgehead atoms. The molecule has 1 aromatic carbocycles. The molecule has 1 aromatic heterocycles. The fourth-order valence-corrected chi connectivity index (χ4v) is 2.87. The summed E-state index contributed by atoms with van der Waals surface area (Å²) in [5.74, 6) is -0.155. The molecule has 0 saturated carbocycles. The fraction of sp³-hybridized carbons (Fsp3) is 0.286. The Morgan fingerprint density at radius 1 is 1.18 bits per heavy atom. The van der Waals surface area contributed by atoms with E-state index >= 15 is 0 Å². The molecule has 1 nitrogen and oxygen atoms in total. The van der Waals surface area contributed by atoms with E-state index in [2.05, 4.69) is 6.07 Å². The predicted octanol–water partition coefficient (Wildman–Crippen LogP) is 4.19. The molecule has 0 aliphatic heterocycles. The molecule has 0 saturated heterocycles. The van der Waals surface area contributed by atoms with E-state index in [1.165, 1.54) is 0 Å². The lowest BCUT2D eigenvalue weighted by atomic mass is 10.1. The zero-order chi connectivity index (χ0) is 12.6. The summed E-state index contributed by atoms with van der Waals surface area (Å²) in [4.78, 5) is 2.25. The molecular weight excluding hydrogens is 233 g/mol. The number of halogens is 1. The van der Waals surface area contributed by atoms with E-state index in [9.17, 15) is 4.39 Å². The molecule has 0 radical (unpaired) electrons. The maximum atomic E-state index is 13.5. The van der Waals surface area contributed by atoms with Crippen LogP contribution in [0.1, 0.15) is 29.0 Å². The molecule has 0 aliphatic carbocycles. The molecule has 2 N–H and O–H groups in total. The van der Waals surface area contributed by atoms with Gasteiger partial charge in [0, 0.05) is 15.8 Å². The molecule has 90 valence electrons. The van der Waals surface area contributed by atoms with Crippen molar-refractivity contribution in [2.45, 2.75) is 26.8 Å². The SMILES string of the molecule is Cc1ccc(-c2sc(C(C)N)cc2C)cc1F. The lowest BCUT2D eigenvalue weighted by Gasteiger charge is -2.02. The Morgan fingerprint density at radius 2 is 1.88 bits per heavy atom. The summed E-state index contributed by atoms with van der Waals surface area (Å²) in [7, 11) is 0. The molecule has 2 rings (SSSR count). The highest BCUT2D eigenvalue weighted by Gasteiger charge is 2.11. The first-order valence-corrected chi connectivity index (χ1v) is 6.43. The Morgan fingerprint density at radius 3 is 2.41 bits per heavy atom. The third kappa shape index (κ3) is 2.40. The van der Waals surface area contributed by atoms with Gasteiger partial charge < -0.3 is 5.73 Å². The van der Waals surface area contributed by atoms with Gasteiger partial charge in [-0.3, -0.25) is 0 Å². The maximum absolute atomic E-state index is 13.5. The topological polar surface area (TPSA) is 26.0 Å². The highest BCUT2D eigenvalue weighted by Crippen LogP contribution is 2.35. The van der Waals surface area contributed by atoms with Gasteiger partial charge >= 0.3 is 0 Å². The number of hydrogen-bond donors (Lipinski definition) is 1. The standard InChI is InChI=1S/C14H16FNS/c1-8-4-5-11(7-12(8)15)14-9(2)6-13(17-14)10(3)16/h4-7,10H,16H2,1-3H3. The average molecular weight is 249 g/mol. The Balaban J connectivity index is 2.49. The van der Waals surface area contributed by atoms with E-state index in [-0.39, 0.29) is 11.9 Å². The van der Waals surface area contributed by atoms with Crippen molar-refractivity contribution in [1.82, 2.24) is 0 Å². The lowest BCUT2D eigenvalue weighted by Crippen LogP contribution is -2.01. The van der Waals surface area contributed by atoms with Crippen LogP contribution in [0.25, 0.3) is 10.4 Å². The molecule has 0 aliphatic rings. The number of benzene rings is 1. The summed E-state index contributed by atoms with van der Waals surface area (Å²) >= 11 is 1.64. The van der Waals surface area contributed by atoms with Crippen LogP contribution in [-0.2, 0) is 0 Å². The first-order chi connectivity index (χ1) is 7.99. The van der Waals surface area contributed by atoms with Crippen LogP contribution < -0.4 is 5.73 Å². The molecule has 1 atom stereocenters. The second-order valence-corrected chi connectivity index (χ2v) is 5.50. The van der Waals surface area contributed by atoms with Gasteiger partial charge in [0.05, 0.1) is 0 Å². The van der Waals surface area contributed by atoms with E-state index in [4.69, 9.17) is 5.73 Å². The normalized spacial score (nSPS) is 12.8. The summed E-state index contributed by atoms with van der Waals surface area (Å²) in [6.07, 6.45) is 0. The molecule has 0 amide bonds. The summed E-state index contributed by atoms with van der Waals surface area (Å²) in [6, 6.07) is 7.49. The van der Waals surface area contributed by atoms with Crippen molar-refractivity contribution in [3.05, 3.63) is 46.1 Å². The fourth-order valence-electron chi connectivity index (χ4n) is 1.75. The highest BCUT2D eigenvalue weighted by atomic mass is 32.1. The third-order valence-corrected chi connectivity index (χ3v) is 4.31. The highest BCUT2D eigenvalue weighted by molar-refractivity contribution is 7.15. The van der Waals surface area contributed by atoms with Crippen LogP contribution in [0.4, 0.5) is 4.39 Å². The number of thiophene rings is 1. The Labute approximate surface area is 105 Å². The van der Waals surface area contributed by atoms with Gasteiger partial charge in [-0.25, -0.2) is 4.39 Å². The maximum Gasteiger partial charge on any atom is 0.126 e. The molecular formula is C14H16FNS. The second kappa shape index (κ2) is 4.59. The van der Waals surface area contributed by atoms with E-state index < -0.39 is 0 Å². The largest absolute Gasteiger partial charge is 0.324 e. The average Bonchev–Trinajstić information content (AvgIpc) is 2.65. The zero-order valence-corrected chi connectivity index (χ0v) is 11.1. The minimum Gasteiger partial charge on any atom is -0.324 e. The van der Waals surface area contributed by atoms with E-state index in [1.54, 1.807) is 24.3 Å². The Kier molecular flexibility index (Phi) is 3.31. The van der Waals surface area contributed by atoms with Crippen molar-refractivity contribution in [2.75, 3.05) is 0 Å². The number of aryl methyl sites for hydroxylation is 2. The second-order valence-electron chi connectivity index (χ2n) is 4.41. The minimum absolute atomic E-state index is 0.0303. The molecule has 2 aromatic rings. The summed E-state index contributed by atoms with van der Waals surface area (Å²) < 4.78 is 13.5. The van der Waals surface area contributed by atoms with Crippen molar-refractivity contribution in [3.8, 4) is 10.4 Å². The number of hydrogen-bond acceptors (Lipinski definition) is 2. The van der Waals surface area contributed by atoms with Gasteiger partial charge in [-0.2, -0.15) is 0 Å². The lowest BCUT2D eigenvalue weighted by molar-refractivity contribution is 0.619. The molecule has 0 spiro atoms. The quantitative estimate of drug-likeness (QED) is 0.848. The zero-order valence-electron chi connectivity index (χ0n) is 10.3. The minimum atomic E-state index is -0.155. The van der Waals surface area contributed by atoms with E-state index in [0.29, 0.717) is 5.56 Å². The van der Waals surface area contributed by atoms with Gasteiger partial charge in [0.25, 0.3) is 0 Å². The van der Waals surface area contributed by atoms with Crippen molar-refractivity contribution < 1.29 is 4.39 Å². The van der Waals surface area contributed by atoms with E-state index in [0.717, 1.165) is 20.9 Å². The van der Waals surface area contributed by atoms with Gasteiger partial charge in [0.1, 0.15) is 5.82 Å². The summed E-state index contributed by atoms with van der Waals surface area (Å²) in [5, 5.41) is 0. The van der Waals surface area contributed by atoms with Crippen LogP contribution in [0.5, 0.6) is 0 Å². The molecule has 0 fully saturated rings. The molecule has 3 heteroatoms.